The van der Waals surface area contributed by atoms with Gasteiger partial charge in [0.25, 0.3) is 0 Å². The first-order valence-corrected chi connectivity index (χ1v) is 10.1. The van der Waals surface area contributed by atoms with Crippen LogP contribution in [0.15, 0.2) is 22.7 Å². The van der Waals surface area contributed by atoms with Gasteiger partial charge in [-0.1, -0.05) is 22.0 Å². The van der Waals surface area contributed by atoms with Crippen LogP contribution in [0.5, 0.6) is 0 Å². The minimum atomic E-state index is -0.550. The van der Waals surface area contributed by atoms with Gasteiger partial charge in [-0.05, 0) is 69.7 Å². The van der Waals surface area contributed by atoms with Gasteiger partial charge >= 0.3 is 6.09 Å². The quantitative estimate of drug-likeness (QED) is 0.787. The monoisotopic (exact) mass is 422 g/mol. The van der Waals surface area contributed by atoms with E-state index in [-0.39, 0.29) is 24.1 Å². The van der Waals surface area contributed by atoms with E-state index < -0.39 is 5.60 Å². The Balaban J connectivity index is 1.88. The average Bonchev–Trinajstić information content (AvgIpc) is 2.95. The lowest BCUT2D eigenvalue weighted by atomic mass is 9.86. The highest BCUT2D eigenvalue weighted by Crippen LogP contribution is 2.36. The van der Waals surface area contributed by atoms with Crippen LogP contribution in [0.1, 0.15) is 63.6 Å². The molecular formula is C20H27BrN2O3. The second-order valence-electron chi connectivity index (χ2n) is 8.19. The highest BCUT2D eigenvalue weighted by molar-refractivity contribution is 9.10. The fourth-order valence-electron chi connectivity index (χ4n) is 3.78. The van der Waals surface area contributed by atoms with Crippen molar-refractivity contribution in [2.75, 3.05) is 6.54 Å². The van der Waals surface area contributed by atoms with Crippen molar-refractivity contribution in [1.29, 1.82) is 0 Å². The molecule has 5 nitrogen and oxygen atoms in total. The molecule has 142 valence electrons. The van der Waals surface area contributed by atoms with Gasteiger partial charge in [0.2, 0.25) is 5.91 Å². The van der Waals surface area contributed by atoms with Crippen molar-refractivity contribution < 1.29 is 14.3 Å². The molecule has 6 heteroatoms. The molecule has 0 spiro atoms. The molecule has 1 aromatic carbocycles. The molecule has 3 rings (SSSR count). The van der Waals surface area contributed by atoms with Crippen molar-refractivity contribution in [3.05, 3.63) is 33.8 Å². The molecule has 0 aromatic heterocycles. The van der Waals surface area contributed by atoms with E-state index in [1.165, 1.54) is 11.1 Å². The zero-order chi connectivity index (χ0) is 18.9. The highest BCUT2D eigenvalue weighted by atomic mass is 79.9. The zero-order valence-electron chi connectivity index (χ0n) is 15.7. The summed E-state index contributed by atoms with van der Waals surface area (Å²) in [5, 5.41) is 2.98. The van der Waals surface area contributed by atoms with Crippen LogP contribution in [0.3, 0.4) is 0 Å². The van der Waals surface area contributed by atoms with Gasteiger partial charge in [-0.15, -0.1) is 0 Å². The standard InChI is InChI=1S/C20H27BrN2O3/c1-20(2,3)26-19(25)23(12-15-8-10-18(24)22-15)17-6-4-5-13-11-14(21)7-9-16(13)17/h7,9,11,15,17H,4-6,8,10,12H2,1-3H3,(H,22,24)/t15-,17+/m0/s1. The summed E-state index contributed by atoms with van der Waals surface area (Å²) in [7, 11) is 0. The van der Waals surface area contributed by atoms with Crippen LogP contribution < -0.4 is 5.32 Å². The molecule has 0 unspecified atom stereocenters. The summed E-state index contributed by atoms with van der Waals surface area (Å²) < 4.78 is 6.75. The van der Waals surface area contributed by atoms with Crippen molar-refractivity contribution in [1.82, 2.24) is 10.2 Å². The summed E-state index contributed by atoms with van der Waals surface area (Å²) >= 11 is 3.54. The van der Waals surface area contributed by atoms with Gasteiger partial charge in [-0.3, -0.25) is 9.69 Å². The first-order chi connectivity index (χ1) is 12.2. The predicted molar refractivity (Wildman–Crippen MR) is 104 cm³/mol. The predicted octanol–water partition coefficient (Wildman–Crippen LogP) is 4.34. The number of amides is 2. The number of benzene rings is 1. The van der Waals surface area contributed by atoms with Crippen LogP contribution in [-0.4, -0.2) is 35.1 Å². The van der Waals surface area contributed by atoms with Crippen LogP contribution in [0.4, 0.5) is 4.79 Å². The number of hydrogen-bond donors (Lipinski definition) is 1. The van der Waals surface area contributed by atoms with Crippen LogP contribution in [0, 0.1) is 0 Å². The topological polar surface area (TPSA) is 58.6 Å². The number of hydrogen-bond acceptors (Lipinski definition) is 3. The Bertz CT molecular complexity index is 699. The molecule has 1 saturated heterocycles. The molecule has 2 amide bonds. The maximum absolute atomic E-state index is 13.0. The Kier molecular flexibility index (Phi) is 5.61. The second-order valence-corrected chi connectivity index (χ2v) is 9.10. The van der Waals surface area contributed by atoms with E-state index in [1.54, 1.807) is 0 Å². The lowest BCUT2D eigenvalue weighted by Gasteiger charge is -2.38. The van der Waals surface area contributed by atoms with Crippen molar-refractivity contribution >= 4 is 27.9 Å². The number of nitrogens with zero attached hydrogens (tertiary/aromatic N) is 1. The van der Waals surface area contributed by atoms with E-state index >= 15 is 0 Å². The van der Waals surface area contributed by atoms with Gasteiger partial charge in [0.15, 0.2) is 0 Å². The summed E-state index contributed by atoms with van der Waals surface area (Å²) in [4.78, 5) is 26.4. The number of ether oxygens (including phenoxy) is 1. The molecule has 1 N–H and O–H groups in total. The first kappa shape index (κ1) is 19.2. The van der Waals surface area contributed by atoms with Gasteiger partial charge in [-0.25, -0.2) is 4.79 Å². The number of fused-ring (bicyclic) bond motifs is 1. The molecular weight excluding hydrogens is 396 g/mol. The van der Waals surface area contributed by atoms with Crippen molar-refractivity contribution in [3.63, 3.8) is 0 Å². The Labute approximate surface area is 163 Å². The maximum Gasteiger partial charge on any atom is 0.410 e. The smallest absolute Gasteiger partial charge is 0.410 e. The van der Waals surface area contributed by atoms with Crippen molar-refractivity contribution in [2.45, 2.75) is 70.6 Å². The molecule has 26 heavy (non-hydrogen) atoms. The number of carbonyl (C=O) groups is 2. The summed E-state index contributed by atoms with van der Waals surface area (Å²) in [6.07, 6.45) is 3.95. The third kappa shape index (κ3) is 4.58. The molecule has 0 bridgehead atoms. The minimum absolute atomic E-state index is 0.00385. The molecule has 0 saturated carbocycles. The maximum atomic E-state index is 13.0. The zero-order valence-corrected chi connectivity index (χ0v) is 17.3. The summed E-state index contributed by atoms with van der Waals surface area (Å²) in [5.74, 6) is 0.0621. The van der Waals surface area contributed by atoms with E-state index in [2.05, 4.69) is 33.4 Å². The Hall–Kier alpha value is -1.56. The molecule has 0 radical (unpaired) electrons. The van der Waals surface area contributed by atoms with E-state index in [4.69, 9.17) is 4.74 Å². The van der Waals surface area contributed by atoms with E-state index in [0.717, 1.165) is 30.2 Å². The third-order valence-electron chi connectivity index (χ3n) is 4.89. The average molecular weight is 423 g/mol. The molecule has 1 aliphatic carbocycles. The van der Waals surface area contributed by atoms with Crippen LogP contribution in [0.25, 0.3) is 0 Å². The fourth-order valence-corrected chi connectivity index (χ4v) is 4.19. The second kappa shape index (κ2) is 7.59. The van der Waals surface area contributed by atoms with Gasteiger partial charge in [-0.2, -0.15) is 0 Å². The lowest BCUT2D eigenvalue weighted by Crippen LogP contribution is -2.46. The molecule has 2 aliphatic rings. The minimum Gasteiger partial charge on any atom is -0.444 e. The van der Waals surface area contributed by atoms with E-state index in [9.17, 15) is 9.59 Å². The normalized spacial score (nSPS) is 22.5. The van der Waals surface area contributed by atoms with Crippen LogP contribution in [0.2, 0.25) is 0 Å². The van der Waals surface area contributed by atoms with E-state index in [0.29, 0.717) is 13.0 Å². The summed E-state index contributed by atoms with van der Waals surface area (Å²) in [6.45, 7) is 6.13. The number of halogens is 1. The Morgan fingerprint density at radius 3 is 2.73 bits per heavy atom. The van der Waals surface area contributed by atoms with E-state index in [1.807, 2.05) is 31.7 Å². The molecule has 2 atom stereocenters. The van der Waals surface area contributed by atoms with Gasteiger partial charge in [0.05, 0.1) is 6.04 Å². The molecule has 1 fully saturated rings. The first-order valence-electron chi connectivity index (χ1n) is 9.30. The highest BCUT2D eigenvalue weighted by Gasteiger charge is 2.35. The van der Waals surface area contributed by atoms with Crippen LogP contribution in [-0.2, 0) is 16.0 Å². The Morgan fingerprint density at radius 1 is 1.31 bits per heavy atom. The van der Waals surface area contributed by atoms with Gasteiger partial charge in [0.1, 0.15) is 5.60 Å². The number of nitrogens with one attached hydrogen (secondary N) is 1. The largest absolute Gasteiger partial charge is 0.444 e. The Morgan fingerprint density at radius 2 is 2.08 bits per heavy atom. The van der Waals surface area contributed by atoms with Crippen LogP contribution >= 0.6 is 15.9 Å². The van der Waals surface area contributed by atoms with Crippen molar-refractivity contribution in [2.24, 2.45) is 0 Å². The number of aryl methyl sites for hydroxylation is 1. The number of carbonyl (C=O) groups excluding carboxylic acids is 2. The third-order valence-corrected chi connectivity index (χ3v) is 5.39. The van der Waals surface area contributed by atoms with Gasteiger partial charge in [0, 0.05) is 23.5 Å². The molecule has 1 aromatic rings. The van der Waals surface area contributed by atoms with Crippen molar-refractivity contribution in [3.8, 4) is 0 Å². The molecule has 1 aliphatic heterocycles. The summed E-state index contributed by atoms with van der Waals surface area (Å²) in [5.41, 5.74) is 1.92. The SMILES string of the molecule is CC(C)(C)OC(=O)N(C[C@@H]1CCC(=O)N1)[C@@H]1CCCc2cc(Br)ccc21. The molecule has 1 heterocycles. The van der Waals surface area contributed by atoms with Gasteiger partial charge < -0.3 is 10.1 Å². The lowest BCUT2D eigenvalue weighted by molar-refractivity contribution is -0.119. The fraction of sp³-hybridized carbons (Fsp3) is 0.600. The summed E-state index contributed by atoms with van der Waals surface area (Å²) in [6, 6.07) is 6.26. The number of rotatable bonds is 3.